The van der Waals surface area contributed by atoms with E-state index < -0.39 is 0 Å². The topological polar surface area (TPSA) is 69.9 Å². The van der Waals surface area contributed by atoms with Crippen LogP contribution in [-0.4, -0.2) is 40.1 Å². The molecule has 1 aromatic carbocycles. The highest BCUT2D eigenvalue weighted by Crippen LogP contribution is 2.36. The highest BCUT2D eigenvalue weighted by atomic mass is 32.2. The van der Waals surface area contributed by atoms with Crippen molar-refractivity contribution in [2.45, 2.75) is 11.4 Å². The average molecular weight is 386 g/mol. The zero-order chi connectivity index (χ0) is 18.5. The van der Waals surface area contributed by atoms with E-state index in [0.29, 0.717) is 13.0 Å². The Bertz CT molecular complexity index is 965. The molecule has 0 atom stereocenters. The van der Waals surface area contributed by atoms with E-state index in [2.05, 4.69) is 9.97 Å². The molecular formula is C18H15FN4OS2. The predicted octanol–water partition coefficient (Wildman–Crippen LogP) is 3.96. The molecule has 0 aliphatic rings. The standard InChI is InChI=1S/C18H15FN4OS2/c1-23(8-2-7-20)16(24)10-25-18-17-14(21-11-22-18)9-15(26-17)12-3-5-13(19)6-4-12/h3-6,9,11H,2,8,10H2,1H3. The molecule has 0 aliphatic heterocycles. The fourth-order valence-electron chi connectivity index (χ4n) is 2.27. The molecule has 3 rings (SSSR count). The number of hydrogen-bond donors (Lipinski definition) is 0. The van der Waals surface area contributed by atoms with Crippen LogP contribution in [0.5, 0.6) is 0 Å². The molecule has 5 nitrogen and oxygen atoms in total. The van der Waals surface area contributed by atoms with Gasteiger partial charge in [0.25, 0.3) is 0 Å². The highest BCUT2D eigenvalue weighted by molar-refractivity contribution is 8.00. The summed E-state index contributed by atoms with van der Waals surface area (Å²) in [6.07, 6.45) is 1.80. The number of carbonyl (C=O) groups excluding carboxylic acids is 1. The molecule has 3 aromatic rings. The number of halogens is 1. The van der Waals surface area contributed by atoms with Gasteiger partial charge in [0.15, 0.2) is 0 Å². The summed E-state index contributed by atoms with van der Waals surface area (Å²) in [7, 11) is 1.69. The van der Waals surface area contributed by atoms with E-state index in [4.69, 9.17) is 5.26 Å². The summed E-state index contributed by atoms with van der Waals surface area (Å²) in [5.74, 6) is -0.0741. The first kappa shape index (κ1) is 18.3. The SMILES string of the molecule is CN(CCC#N)C(=O)CSc1ncnc2cc(-c3ccc(F)cc3)sc12. The third-order valence-electron chi connectivity index (χ3n) is 3.72. The normalized spacial score (nSPS) is 10.7. The monoisotopic (exact) mass is 386 g/mol. The fourth-order valence-corrected chi connectivity index (χ4v) is 4.41. The Morgan fingerprint density at radius 2 is 2.12 bits per heavy atom. The van der Waals surface area contributed by atoms with Crippen LogP contribution >= 0.6 is 23.1 Å². The molecule has 0 unspecified atom stereocenters. The quantitative estimate of drug-likeness (QED) is 0.474. The third kappa shape index (κ3) is 4.18. The van der Waals surface area contributed by atoms with Crippen molar-refractivity contribution in [1.82, 2.24) is 14.9 Å². The van der Waals surface area contributed by atoms with Crippen LogP contribution in [0.15, 0.2) is 41.7 Å². The van der Waals surface area contributed by atoms with Gasteiger partial charge in [0.1, 0.15) is 17.2 Å². The van der Waals surface area contributed by atoms with Gasteiger partial charge >= 0.3 is 0 Å². The van der Waals surface area contributed by atoms with Gasteiger partial charge in [-0.3, -0.25) is 4.79 Å². The minimum absolute atomic E-state index is 0.0488. The van der Waals surface area contributed by atoms with E-state index in [-0.39, 0.29) is 17.5 Å². The van der Waals surface area contributed by atoms with Crippen molar-refractivity contribution in [1.29, 1.82) is 5.26 Å². The summed E-state index contributed by atoms with van der Waals surface area (Å²) < 4.78 is 14.0. The second-order valence-electron chi connectivity index (χ2n) is 5.52. The van der Waals surface area contributed by atoms with Crippen molar-refractivity contribution in [3.05, 3.63) is 42.5 Å². The van der Waals surface area contributed by atoms with E-state index in [0.717, 1.165) is 25.7 Å². The maximum Gasteiger partial charge on any atom is 0.232 e. The van der Waals surface area contributed by atoms with E-state index >= 15 is 0 Å². The number of fused-ring (bicyclic) bond motifs is 1. The van der Waals surface area contributed by atoms with Crippen LogP contribution in [0, 0.1) is 17.1 Å². The molecule has 0 radical (unpaired) electrons. The fraction of sp³-hybridized carbons (Fsp3) is 0.222. The molecular weight excluding hydrogens is 371 g/mol. The van der Waals surface area contributed by atoms with Crippen LogP contribution in [0.4, 0.5) is 4.39 Å². The molecule has 26 heavy (non-hydrogen) atoms. The van der Waals surface area contributed by atoms with Crippen LogP contribution < -0.4 is 0 Å². The summed E-state index contributed by atoms with van der Waals surface area (Å²) in [5, 5.41) is 9.35. The maximum atomic E-state index is 13.1. The number of carbonyl (C=O) groups is 1. The van der Waals surface area contributed by atoms with Crippen molar-refractivity contribution in [2.75, 3.05) is 19.3 Å². The Labute approximate surface area is 158 Å². The molecule has 0 N–H and O–H groups in total. The van der Waals surface area contributed by atoms with E-state index in [9.17, 15) is 9.18 Å². The van der Waals surface area contributed by atoms with Crippen molar-refractivity contribution >= 4 is 39.2 Å². The molecule has 0 aliphatic carbocycles. The summed E-state index contributed by atoms with van der Waals surface area (Å²) in [6.45, 7) is 0.419. The van der Waals surface area contributed by atoms with Gasteiger partial charge in [-0.1, -0.05) is 23.9 Å². The highest BCUT2D eigenvalue weighted by Gasteiger charge is 2.14. The van der Waals surface area contributed by atoms with Gasteiger partial charge in [0.05, 0.1) is 28.5 Å². The molecule has 0 saturated carbocycles. The predicted molar refractivity (Wildman–Crippen MR) is 101 cm³/mol. The smallest absolute Gasteiger partial charge is 0.232 e. The largest absolute Gasteiger partial charge is 0.344 e. The van der Waals surface area contributed by atoms with E-state index in [1.54, 1.807) is 24.1 Å². The lowest BCUT2D eigenvalue weighted by molar-refractivity contribution is -0.127. The third-order valence-corrected chi connectivity index (χ3v) is 6.01. The lowest BCUT2D eigenvalue weighted by Crippen LogP contribution is -2.29. The number of benzene rings is 1. The molecule has 0 fully saturated rings. The maximum absolute atomic E-state index is 13.1. The lowest BCUT2D eigenvalue weighted by Gasteiger charge is -2.14. The number of aromatic nitrogens is 2. The number of nitriles is 1. The molecule has 132 valence electrons. The average Bonchev–Trinajstić information content (AvgIpc) is 3.09. The van der Waals surface area contributed by atoms with Gasteiger partial charge in [-0.15, -0.1) is 11.3 Å². The molecule has 2 heterocycles. The summed E-state index contributed by atoms with van der Waals surface area (Å²) in [5.41, 5.74) is 1.72. The zero-order valence-corrected chi connectivity index (χ0v) is 15.6. The second-order valence-corrected chi connectivity index (χ2v) is 7.54. The van der Waals surface area contributed by atoms with Crippen molar-refractivity contribution in [2.24, 2.45) is 0 Å². The molecule has 1 amide bonds. The minimum Gasteiger partial charge on any atom is -0.344 e. The van der Waals surface area contributed by atoms with Crippen LogP contribution in [0.2, 0.25) is 0 Å². The van der Waals surface area contributed by atoms with Gasteiger partial charge in [0.2, 0.25) is 5.91 Å². The molecule has 2 aromatic heterocycles. The van der Waals surface area contributed by atoms with E-state index in [1.165, 1.54) is 41.6 Å². The van der Waals surface area contributed by atoms with Gasteiger partial charge in [-0.25, -0.2) is 14.4 Å². The lowest BCUT2D eigenvalue weighted by atomic mass is 10.2. The number of thiophene rings is 1. The van der Waals surface area contributed by atoms with Crippen molar-refractivity contribution in [3.63, 3.8) is 0 Å². The minimum atomic E-state index is -0.273. The second kappa shape index (κ2) is 8.25. The Kier molecular flexibility index (Phi) is 5.81. The molecule has 8 heteroatoms. The summed E-state index contributed by atoms with van der Waals surface area (Å²) in [4.78, 5) is 23.2. The Balaban J connectivity index is 1.78. The summed E-state index contributed by atoms with van der Waals surface area (Å²) in [6, 6.07) is 10.3. The van der Waals surface area contributed by atoms with Crippen molar-refractivity contribution in [3.8, 4) is 16.5 Å². The van der Waals surface area contributed by atoms with Gasteiger partial charge < -0.3 is 4.90 Å². The molecule has 0 bridgehead atoms. The molecule has 0 saturated heterocycles. The molecule has 0 spiro atoms. The first-order valence-corrected chi connectivity index (χ1v) is 9.63. The summed E-state index contributed by atoms with van der Waals surface area (Å²) >= 11 is 2.88. The van der Waals surface area contributed by atoms with E-state index in [1.807, 2.05) is 12.1 Å². The first-order valence-electron chi connectivity index (χ1n) is 7.82. The van der Waals surface area contributed by atoms with Crippen LogP contribution in [-0.2, 0) is 4.79 Å². The number of thioether (sulfide) groups is 1. The van der Waals surface area contributed by atoms with Gasteiger partial charge in [0, 0.05) is 18.5 Å². The van der Waals surface area contributed by atoms with Gasteiger partial charge in [-0.2, -0.15) is 5.26 Å². The number of hydrogen-bond acceptors (Lipinski definition) is 6. The van der Waals surface area contributed by atoms with Crippen LogP contribution in [0.1, 0.15) is 6.42 Å². The van der Waals surface area contributed by atoms with Crippen LogP contribution in [0.25, 0.3) is 20.7 Å². The first-order chi connectivity index (χ1) is 12.6. The number of nitrogens with zero attached hydrogens (tertiary/aromatic N) is 4. The Morgan fingerprint density at radius 3 is 2.85 bits per heavy atom. The van der Waals surface area contributed by atoms with Crippen LogP contribution in [0.3, 0.4) is 0 Å². The zero-order valence-electron chi connectivity index (χ0n) is 14.0. The number of rotatable bonds is 6. The Morgan fingerprint density at radius 1 is 1.35 bits per heavy atom. The number of amides is 1. The van der Waals surface area contributed by atoms with Gasteiger partial charge in [-0.05, 0) is 23.8 Å². The van der Waals surface area contributed by atoms with Crippen molar-refractivity contribution < 1.29 is 9.18 Å². The Hall–Kier alpha value is -2.50.